The number of anilines is 2. The van der Waals surface area contributed by atoms with Gasteiger partial charge in [0.25, 0.3) is 5.91 Å². The number of amides is 1. The molecule has 2 N–H and O–H groups in total. The van der Waals surface area contributed by atoms with Crippen molar-refractivity contribution < 1.29 is 4.79 Å². The van der Waals surface area contributed by atoms with Gasteiger partial charge in [0, 0.05) is 11.9 Å². The lowest BCUT2D eigenvalue weighted by Gasteiger charge is -2.06. The van der Waals surface area contributed by atoms with Gasteiger partial charge in [-0.05, 0) is 36.4 Å². The van der Waals surface area contributed by atoms with E-state index in [1.807, 2.05) is 12.1 Å². The molecule has 0 unspecified atom stereocenters. The van der Waals surface area contributed by atoms with E-state index in [2.05, 4.69) is 10.6 Å². The number of para-hydroxylation sites is 1. The molecule has 2 aromatic rings. The number of carbonyl (C=O) groups excluding carboxylic acids is 1. The number of carbonyl (C=O) groups is 1. The molecule has 0 aromatic heterocycles. The zero-order valence-corrected chi connectivity index (χ0v) is 12.4. The average Bonchev–Trinajstić information content (AvgIpc) is 2.63. The molecule has 0 bridgehead atoms. The van der Waals surface area contributed by atoms with Crippen LogP contribution in [0.4, 0.5) is 11.4 Å². The molecule has 114 valence electrons. The maximum Gasteiger partial charge on any atom is 0.267 e. The molecule has 1 amide bonds. The fraction of sp³-hybridized carbons (Fsp3) is 0. The summed E-state index contributed by atoms with van der Waals surface area (Å²) in [6.07, 6.45) is 1.27. The van der Waals surface area contributed by atoms with Gasteiger partial charge in [0.2, 0.25) is 0 Å². The Morgan fingerprint density at radius 1 is 0.958 bits per heavy atom. The quantitative estimate of drug-likeness (QED) is 0.665. The Labute approximate surface area is 138 Å². The van der Waals surface area contributed by atoms with Crippen LogP contribution in [0.15, 0.2) is 60.3 Å². The average molecular weight is 313 g/mol. The Balaban J connectivity index is 2.12. The van der Waals surface area contributed by atoms with Gasteiger partial charge in [-0.25, -0.2) is 0 Å². The van der Waals surface area contributed by atoms with Gasteiger partial charge in [-0.1, -0.05) is 12.1 Å². The molecular weight excluding hydrogens is 302 g/mol. The normalized spacial score (nSPS) is 9.96. The maximum atomic E-state index is 12.1. The molecule has 0 aliphatic rings. The lowest BCUT2D eigenvalue weighted by molar-refractivity contribution is -0.112. The van der Waals surface area contributed by atoms with Crippen molar-refractivity contribution in [3.8, 4) is 18.2 Å². The SMILES string of the molecule is N#C/C(=C/Nc1ccc(C#N)cc1)C(=O)Nc1ccccc1C#N. The second-order valence-corrected chi connectivity index (χ2v) is 4.61. The predicted molar refractivity (Wildman–Crippen MR) is 88.3 cm³/mol. The second kappa shape index (κ2) is 7.79. The Kier molecular flexibility index (Phi) is 5.29. The van der Waals surface area contributed by atoms with E-state index >= 15 is 0 Å². The summed E-state index contributed by atoms with van der Waals surface area (Å²) >= 11 is 0. The molecule has 0 fully saturated rings. The minimum atomic E-state index is -0.624. The van der Waals surface area contributed by atoms with Gasteiger partial charge >= 0.3 is 0 Å². The summed E-state index contributed by atoms with van der Waals surface area (Å²) in [7, 11) is 0. The molecule has 0 aliphatic heterocycles. The Bertz CT molecular complexity index is 908. The number of nitriles is 3. The Morgan fingerprint density at radius 3 is 2.29 bits per heavy atom. The van der Waals surface area contributed by atoms with Crippen molar-refractivity contribution in [3.63, 3.8) is 0 Å². The molecule has 6 nitrogen and oxygen atoms in total. The monoisotopic (exact) mass is 313 g/mol. The van der Waals surface area contributed by atoms with Crippen LogP contribution < -0.4 is 10.6 Å². The van der Waals surface area contributed by atoms with Crippen LogP contribution in [-0.2, 0) is 4.79 Å². The van der Waals surface area contributed by atoms with Crippen LogP contribution in [0.3, 0.4) is 0 Å². The molecule has 0 heterocycles. The van der Waals surface area contributed by atoms with Crippen molar-refractivity contribution in [3.05, 3.63) is 71.4 Å². The number of hydrogen-bond acceptors (Lipinski definition) is 5. The van der Waals surface area contributed by atoms with Crippen LogP contribution in [0.5, 0.6) is 0 Å². The molecule has 2 aromatic carbocycles. The van der Waals surface area contributed by atoms with Crippen LogP contribution in [0, 0.1) is 34.0 Å². The van der Waals surface area contributed by atoms with E-state index in [0.717, 1.165) is 0 Å². The number of nitrogens with zero attached hydrogens (tertiary/aromatic N) is 3. The molecule has 0 saturated heterocycles. The van der Waals surface area contributed by atoms with E-state index in [0.29, 0.717) is 22.5 Å². The minimum Gasteiger partial charge on any atom is -0.360 e. The third kappa shape index (κ3) is 3.98. The molecule has 0 spiro atoms. The topological polar surface area (TPSA) is 112 Å². The Morgan fingerprint density at radius 2 is 1.67 bits per heavy atom. The third-order valence-electron chi connectivity index (χ3n) is 3.06. The van der Waals surface area contributed by atoms with Crippen LogP contribution in [0.25, 0.3) is 0 Å². The molecule has 0 radical (unpaired) electrons. The predicted octanol–water partition coefficient (Wildman–Crippen LogP) is 2.89. The molecule has 0 saturated carbocycles. The lowest BCUT2D eigenvalue weighted by Crippen LogP contribution is -2.15. The van der Waals surface area contributed by atoms with Crippen molar-refractivity contribution in [1.82, 2.24) is 0 Å². The first-order valence-electron chi connectivity index (χ1n) is 6.85. The largest absolute Gasteiger partial charge is 0.360 e. The summed E-state index contributed by atoms with van der Waals surface area (Å²) in [6.45, 7) is 0. The molecule has 6 heteroatoms. The van der Waals surface area contributed by atoms with Crippen molar-refractivity contribution in [1.29, 1.82) is 15.8 Å². The molecular formula is C18H11N5O. The first-order chi connectivity index (χ1) is 11.7. The highest BCUT2D eigenvalue weighted by Crippen LogP contribution is 2.15. The maximum absolute atomic E-state index is 12.1. The molecule has 0 atom stereocenters. The zero-order chi connectivity index (χ0) is 17.4. The zero-order valence-electron chi connectivity index (χ0n) is 12.4. The highest BCUT2D eigenvalue weighted by molar-refractivity contribution is 6.07. The highest BCUT2D eigenvalue weighted by atomic mass is 16.1. The van der Waals surface area contributed by atoms with Gasteiger partial charge in [-0.15, -0.1) is 0 Å². The van der Waals surface area contributed by atoms with Gasteiger partial charge < -0.3 is 10.6 Å². The van der Waals surface area contributed by atoms with E-state index in [-0.39, 0.29) is 5.57 Å². The number of nitrogens with one attached hydrogen (secondary N) is 2. The first-order valence-corrected chi connectivity index (χ1v) is 6.85. The van der Waals surface area contributed by atoms with Crippen molar-refractivity contribution >= 4 is 17.3 Å². The van der Waals surface area contributed by atoms with Gasteiger partial charge in [0.1, 0.15) is 17.7 Å². The minimum absolute atomic E-state index is 0.146. The second-order valence-electron chi connectivity index (χ2n) is 4.61. The summed E-state index contributed by atoms with van der Waals surface area (Å²) in [5, 5.41) is 32.2. The van der Waals surface area contributed by atoms with Crippen LogP contribution in [-0.4, -0.2) is 5.91 Å². The standard InChI is InChI=1S/C18H11N5O/c19-9-13-5-7-16(8-6-13)22-12-15(11-21)18(24)23-17-4-2-1-3-14(17)10-20/h1-8,12,22H,(H,23,24)/b15-12-. The van der Waals surface area contributed by atoms with Gasteiger partial charge in [0.15, 0.2) is 0 Å². The van der Waals surface area contributed by atoms with E-state index < -0.39 is 5.91 Å². The van der Waals surface area contributed by atoms with Crippen LogP contribution >= 0.6 is 0 Å². The van der Waals surface area contributed by atoms with Crippen LogP contribution in [0.2, 0.25) is 0 Å². The summed E-state index contributed by atoms with van der Waals surface area (Å²) in [5.41, 5.74) is 1.64. The van der Waals surface area contributed by atoms with Gasteiger partial charge in [-0.2, -0.15) is 15.8 Å². The van der Waals surface area contributed by atoms with E-state index in [1.165, 1.54) is 6.20 Å². The van der Waals surface area contributed by atoms with E-state index in [1.54, 1.807) is 54.6 Å². The molecule has 24 heavy (non-hydrogen) atoms. The number of hydrogen-bond donors (Lipinski definition) is 2. The van der Waals surface area contributed by atoms with Crippen molar-refractivity contribution in [2.24, 2.45) is 0 Å². The summed E-state index contributed by atoms with van der Waals surface area (Å²) in [6, 6.07) is 18.8. The molecule has 2 rings (SSSR count). The number of benzene rings is 2. The number of rotatable bonds is 4. The lowest BCUT2D eigenvalue weighted by atomic mass is 10.2. The van der Waals surface area contributed by atoms with Crippen molar-refractivity contribution in [2.75, 3.05) is 10.6 Å². The fourth-order valence-electron chi connectivity index (χ4n) is 1.82. The summed E-state index contributed by atoms with van der Waals surface area (Å²) in [4.78, 5) is 12.1. The summed E-state index contributed by atoms with van der Waals surface area (Å²) < 4.78 is 0. The summed E-state index contributed by atoms with van der Waals surface area (Å²) in [5.74, 6) is -0.624. The smallest absolute Gasteiger partial charge is 0.267 e. The molecule has 0 aliphatic carbocycles. The van der Waals surface area contributed by atoms with Crippen LogP contribution in [0.1, 0.15) is 11.1 Å². The van der Waals surface area contributed by atoms with Gasteiger partial charge in [0.05, 0.1) is 22.9 Å². The van der Waals surface area contributed by atoms with Gasteiger partial charge in [-0.3, -0.25) is 4.79 Å². The van der Waals surface area contributed by atoms with E-state index in [9.17, 15) is 4.79 Å². The first kappa shape index (κ1) is 16.3. The highest BCUT2D eigenvalue weighted by Gasteiger charge is 2.11. The van der Waals surface area contributed by atoms with Crippen molar-refractivity contribution in [2.45, 2.75) is 0 Å². The Hall–Kier alpha value is -4.08. The van der Waals surface area contributed by atoms with E-state index in [4.69, 9.17) is 15.8 Å². The third-order valence-corrected chi connectivity index (χ3v) is 3.06. The fourth-order valence-corrected chi connectivity index (χ4v) is 1.82.